The van der Waals surface area contributed by atoms with Crippen LogP contribution in [0.3, 0.4) is 0 Å². The van der Waals surface area contributed by atoms with Gasteiger partial charge in [-0.25, -0.2) is 0 Å². The maximum absolute atomic E-state index is 11.6. The molecule has 0 aromatic carbocycles. The lowest BCUT2D eigenvalue weighted by Gasteiger charge is -2.03. The molecule has 2 heterocycles. The van der Waals surface area contributed by atoms with E-state index in [0.717, 1.165) is 6.54 Å². The Labute approximate surface area is 98.2 Å². The van der Waals surface area contributed by atoms with E-state index in [4.69, 9.17) is 0 Å². The molecule has 0 saturated carbocycles. The van der Waals surface area contributed by atoms with Crippen molar-refractivity contribution in [3.05, 3.63) is 24.3 Å². The van der Waals surface area contributed by atoms with Crippen molar-refractivity contribution in [2.45, 2.75) is 20.4 Å². The van der Waals surface area contributed by atoms with Crippen LogP contribution in [0.4, 0.5) is 5.69 Å². The standard InChI is InChI=1S/C10H14N6O/c1-7(2)5-16-6-8(3-12-16)13-10(17)9-4-11-15-14-9/h3-4,6-7H,5H2,1-2H3,(H,13,17)(H,11,14,15). The summed E-state index contributed by atoms with van der Waals surface area (Å²) in [6.45, 7) is 5.03. The molecular weight excluding hydrogens is 220 g/mol. The summed E-state index contributed by atoms with van der Waals surface area (Å²) >= 11 is 0. The van der Waals surface area contributed by atoms with Crippen LogP contribution in [-0.4, -0.2) is 31.1 Å². The number of nitrogens with zero attached hydrogens (tertiary/aromatic N) is 4. The fourth-order valence-electron chi connectivity index (χ4n) is 1.41. The van der Waals surface area contributed by atoms with Crippen LogP contribution >= 0.6 is 0 Å². The van der Waals surface area contributed by atoms with Crippen molar-refractivity contribution in [1.82, 2.24) is 25.2 Å². The summed E-state index contributed by atoms with van der Waals surface area (Å²) in [5.74, 6) is 0.205. The van der Waals surface area contributed by atoms with Crippen LogP contribution in [0.15, 0.2) is 18.6 Å². The summed E-state index contributed by atoms with van der Waals surface area (Å²) in [6, 6.07) is 0. The molecule has 2 aromatic rings. The molecule has 2 rings (SSSR count). The van der Waals surface area contributed by atoms with E-state index in [1.165, 1.54) is 6.20 Å². The highest BCUT2D eigenvalue weighted by atomic mass is 16.2. The zero-order valence-electron chi connectivity index (χ0n) is 9.71. The molecule has 2 N–H and O–H groups in total. The number of anilines is 1. The second-order valence-electron chi connectivity index (χ2n) is 4.15. The monoisotopic (exact) mass is 234 g/mol. The normalized spacial score (nSPS) is 10.8. The minimum Gasteiger partial charge on any atom is -0.318 e. The molecule has 0 aliphatic heterocycles. The summed E-state index contributed by atoms with van der Waals surface area (Å²) in [4.78, 5) is 11.6. The SMILES string of the molecule is CC(C)Cn1cc(NC(=O)c2cn[nH]n2)cn1. The summed E-state index contributed by atoms with van der Waals surface area (Å²) in [5.41, 5.74) is 0.903. The Morgan fingerprint density at radius 1 is 1.53 bits per heavy atom. The minimum atomic E-state index is -0.303. The van der Waals surface area contributed by atoms with Crippen molar-refractivity contribution in [3.63, 3.8) is 0 Å². The number of aromatic nitrogens is 5. The van der Waals surface area contributed by atoms with E-state index in [0.29, 0.717) is 11.6 Å². The van der Waals surface area contributed by atoms with Crippen LogP contribution in [0.5, 0.6) is 0 Å². The van der Waals surface area contributed by atoms with E-state index >= 15 is 0 Å². The average Bonchev–Trinajstić information content (AvgIpc) is 2.87. The molecule has 0 radical (unpaired) electrons. The molecule has 17 heavy (non-hydrogen) atoms. The summed E-state index contributed by atoms with van der Waals surface area (Å²) in [6.07, 6.45) is 4.77. The topological polar surface area (TPSA) is 88.5 Å². The molecule has 0 aliphatic rings. The van der Waals surface area contributed by atoms with Crippen LogP contribution < -0.4 is 5.32 Å². The highest BCUT2D eigenvalue weighted by molar-refractivity contribution is 6.02. The van der Waals surface area contributed by atoms with Gasteiger partial charge in [-0.1, -0.05) is 13.8 Å². The van der Waals surface area contributed by atoms with Gasteiger partial charge in [-0.3, -0.25) is 9.48 Å². The first-order chi connectivity index (χ1) is 8.15. The predicted molar refractivity (Wildman–Crippen MR) is 61.4 cm³/mol. The Morgan fingerprint density at radius 2 is 2.35 bits per heavy atom. The first-order valence-electron chi connectivity index (χ1n) is 5.34. The van der Waals surface area contributed by atoms with Gasteiger partial charge in [0.15, 0.2) is 5.69 Å². The lowest BCUT2D eigenvalue weighted by Crippen LogP contribution is -2.12. The van der Waals surface area contributed by atoms with Crippen LogP contribution in [0.1, 0.15) is 24.3 Å². The Morgan fingerprint density at radius 3 is 3.00 bits per heavy atom. The number of carbonyl (C=O) groups is 1. The third-order valence-corrected chi connectivity index (χ3v) is 2.09. The maximum atomic E-state index is 11.6. The number of hydrogen-bond donors (Lipinski definition) is 2. The Balaban J connectivity index is 1.99. The molecular formula is C10H14N6O. The highest BCUT2D eigenvalue weighted by Crippen LogP contribution is 2.08. The van der Waals surface area contributed by atoms with Gasteiger partial charge in [0, 0.05) is 12.7 Å². The summed E-state index contributed by atoms with van der Waals surface area (Å²) in [5, 5.41) is 16.5. The lowest BCUT2D eigenvalue weighted by atomic mass is 10.2. The molecule has 0 bridgehead atoms. The maximum Gasteiger partial charge on any atom is 0.277 e. The van der Waals surface area contributed by atoms with Gasteiger partial charge in [-0.15, -0.1) is 0 Å². The zero-order valence-corrected chi connectivity index (χ0v) is 9.71. The summed E-state index contributed by atoms with van der Waals surface area (Å²) in [7, 11) is 0. The molecule has 90 valence electrons. The number of aromatic amines is 1. The minimum absolute atomic E-state index is 0.251. The lowest BCUT2D eigenvalue weighted by molar-refractivity contribution is 0.102. The third kappa shape index (κ3) is 2.90. The molecule has 0 saturated heterocycles. The van der Waals surface area contributed by atoms with E-state index in [1.807, 2.05) is 0 Å². The van der Waals surface area contributed by atoms with Crippen molar-refractivity contribution in [2.24, 2.45) is 5.92 Å². The molecule has 7 nitrogen and oxygen atoms in total. The van der Waals surface area contributed by atoms with Crippen molar-refractivity contribution in [2.75, 3.05) is 5.32 Å². The highest BCUT2D eigenvalue weighted by Gasteiger charge is 2.10. The number of hydrogen-bond acceptors (Lipinski definition) is 4. The molecule has 0 unspecified atom stereocenters. The first kappa shape index (κ1) is 11.3. The van der Waals surface area contributed by atoms with Gasteiger partial charge in [0.1, 0.15) is 0 Å². The molecule has 0 spiro atoms. The molecule has 2 aromatic heterocycles. The van der Waals surface area contributed by atoms with E-state index in [9.17, 15) is 4.79 Å². The van der Waals surface area contributed by atoms with Crippen molar-refractivity contribution >= 4 is 11.6 Å². The van der Waals surface area contributed by atoms with E-state index in [-0.39, 0.29) is 11.6 Å². The first-order valence-corrected chi connectivity index (χ1v) is 5.34. The zero-order chi connectivity index (χ0) is 12.3. The van der Waals surface area contributed by atoms with Gasteiger partial charge < -0.3 is 5.32 Å². The van der Waals surface area contributed by atoms with Gasteiger partial charge in [0.05, 0.1) is 18.1 Å². The van der Waals surface area contributed by atoms with Crippen LogP contribution in [0.2, 0.25) is 0 Å². The van der Waals surface area contributed by atoms with E-state index in [2.05, 4.69) is 39.7 Å². The Hall–Kier alpha value is -2.18. The number of amides is 1. The van der Waals surface area contributed by atoms with E-state index in [1.54, 1.807) is 17.1 Å². The predicted octanol–water partition coefficient (Wildman–Crippen LogP) is 0.909. The second kappa shape index (κ2) is 4.77. The molecule has 0 aliphatic carbocycles. The molecule has 0 fully saturated rings. The van der Waals surface area contributed by atoms with Gasteiger partial charge >= 0.3 is 0 Å². The van der Waals surface area contributed by atoms with E-state index < -0.39 is 0 Å². The van der Waals surface area contributed by atoms with Crippen LogP contribution in [0, 0.1) is 5.92 Å². The van der Waals surface area contributed by atoms with Crippen molar-refractivity contribution < 1.29 is 4.79 Å². The molecule has 0 atom stereocenters. The Kier molecular flexibility index (Phi) is 3.17. The average molecular weight is 234 g/mol. The van der Waals surface area contributed by atoms with Crippen molar-refractivity contribution in [3.8, 4) is 0 Å². The van der Waals surface area contributed by atoms with Gasteiger partial charge in [-0.2, -0.15) is 20.5 Å². The van der Waals surface area contributed by atoms with Gasteiger partial charge in [0.25, 0.3) is 5.91 Å². The molecule has 1 amide bonds. The van der Waals surface area contributed by atoms with Gasteiger partial charge in [-0.05, 0) is 5.92 Å². The Bertz CT molecular complexity index is 487. The fourth-order valence-corrected chi connectivity index (χ4v) is 1.41. The number of nitrogens with one attached hydrogen (secondary N) is 2. The number of rotatable bonds is 4. The number of carbonyl (C=O) groups excluding carboxylic acids is 1. The third-order valence-electron chi connectivity index (χ3n) is 2.09. The van der Waals surface area contributed by atoms with Gasteiger partial charge in [0.2, 0.25) is 0 Å². The number of H-pyrrole nitrogens is 1. The second-order valence-corrected chi connectivity index (χ2v) is 4.15. The molecule has 7 heteroatoms. The largest absolute Gasteiger partial charge is 0.318 e. The van der Waals surface area contributed by atoms with Crippen LogP contribution in [0.25, 0.3) is 0 Å². The smallest absolute Gasteiger partial charge is 0.277 e. The summed E-state index contributed by atoms with van der Waals surface area (Å²) < 4.78 is 1.79. The quantitative estimate of drug-likeness (QED) is 0.822. The van der Waals surface area contributed by atoms with Crippen LogP contribution in [-0.2, 0) is 6.54 Å². The fraction of sp³-hybridized carbons (Fsp3) is 0.400. The van der Waals surface area contributed by atoms with Crippen molar-refractivity contribution in [1.29, 1.82) is 0 Å².